The molecule has 4 heterocycles. The van der Waals surface area contributed by atoms with Crippen molar-refractivity contribution in [2.75, 3.05) is 25.6 Å². The van der Waals surface area contributed by atoms with Gasteiger partial charge in [0.1, 0.15) is 30.4 Å². The maximum Gasteiger partial charge on any atom is 0.256 e. The fraction of sp³-hybridized carbons (Fsp3) is 0.478. The quantitative estimate of drug-likeness (QED) is 0.446. The number of nitrogens with zero attached hydrogens (tertiary/aromatic N) is 4. The third-order valence-electron chi connectivity index (χ3n) is 6.15. The third kappa shape index (κ3) is 4.70. The summed E-state index contributed by atoms with van der Waals surface area (Å²) in [5.74, 6) is 0.475. The topological polar surface area (TPSA) is 150 Å². The van der Waals surface area contributed by atoms with Crippen LogP contribution in [0.3, 0.4) is 0 Å². The second-order valence-corrected chi connectivity index (χ2v) is 8.36. The molecule has 12 nitrogen and oxygen atoms in total. The van der Waals surface area contributed by atoms with E-state index in [4.69, 9.17) is 18.9 Å². The van der Waals surface area contributed by atoms with Crippen molar-refractivity contribution >= 4 is 22.9 Å². The highest BCUT2D eigenvalue weighted by atomic mass is 16.7. The zero-order valence-electron chi connectivity index (χ0n) is 19.1. The predicted molar refractivity (Wildman–Crippen MR) is 122 cm³/mol. The molecule has 0 spiro atoms. The molecular formula is C23H27N5O7. The van der Waals surface area contributed by atoms with Crippen LogP contribution in [0.1, 0.15) is 35.8 Å². The van der Waals surface area contributed by atoms with Crippen molar-refractivity contribution < 1.29 is 34.0 Å². The summed E-state index contributed by atoms with van der Waals surface area (Å²) in [6.07, 6.45) is 1.36. The molecule has 35 heavy (non-hydrogen) atoms. The molecule has 5 atom stereocenters. The second-order valence-electron chi connectivity index (χ2n) is 8.36. The molecule has 0 aliphatic carbocycles. The number of rotatable bonds is 7. The summed E-state index contributed by atoms with van der Waals surface area (Å²) in [5.41, 5.74) is 1.09. The Morgan fingerprint density at radius 2 is 2.06 bits per heavy atom. The minimum atomic E-state index is -1.11. The number of aromatic nitrogens is 4. The van der Waals surface area contributed by atoms with Gasteiger partial charge >= 0.3 is 0 Å². The maximum absolute atomic E-state index is 12.7. The van der Waals surface area contributed by atoms with Crippen molar-refractivity contribution in [3.05, 3.63) is 42.5 Å². The SMILES string of the molecule is COc1ccc(C(=O)Nc2ncnc3c2ncn3[C@@H]2O[C@H](CO)[C@@H](OC3CCCCO3)[C@H]2O)cc1. The van der Waals surface area contributed by atoms with Crippen LogP contribution in [0, 0.1) is 0 Å². The van der Waals surface area contributed by atoms with Crippen LogP contribution in [-0.2, 0) is 14.2 Å². The fourth-order valence-corrected chi connectivity index (χ4v) is 4.31. The Balaban J connectivity index is 1.36. The average molecular weight is 485 g/mol. The van der Waals surface area contributed by atoms with E-state index in [9.17, 15) is 15.0 Å². The number of amides is 1. The summed E-state index contributed by atoms with van der Waals surface area (Å²) >= 11 is 0. The van der Waals surface area contributed by atoms with Gasteiger partial charge in [-0.25, -0.2) is 15.0 Å². The molecule has 12 heteroatoms. The largest absolute Gasteiger partial charge is 0.497 e. The summed E-state index contributed by atoms with van der Waals surface area (Å²) in [6.45, 7) is 0.255. The van der Waals surface area contributed by atoms with Gasteiger partial charge in [-0.1, -0.05) is 0 Å². The Kier molecular flexibility index (Phi) is 6.88. The Labute approximate surface area is 200 Å². The summed E-state index contributed by atoms with van der Waals surface area (Å²) in [5, 5.41) is 23.6. The molecule has 1 aromatic carbocycles. The minimum Gasteiger partial charge on any atom is -0.497 e. The number of nitrogens with one attached hydrogen (secondary N) is 1. The van der Waals surface area contributed by atoms with E-state index in [0.29, 0.717) is 35.5 Å². The molecule has 5 rings (SSSR count). The number of benzene rings is 1. The first-order valence-electron chi connectivity index (χ1n) is 11.4. The summed E-state index contributed by atoms with van der Waals surface area (Å²) in [4.78, 5) is 25.5. The van der Waals surface area contributed by atoms with E-state index < -0.39 is 30.8 Å². The highest BCUT2D eigenvalue weighted by Gasteiger charge is 2.47. The van der Waals surface area contributed by atoms with Gasteiger partial charge in [0.15, 0.2) is 29.5 Å². The van der Waals surface area contributed by atoms with Crippen LogP contribution in [0.5, 0.6) is 5.75 Å². The van der Waals surface area contributed by atoms with Gasteiger partial charge in [0.2, 0.25) is 0 Å². The molecular weight excluding hydrogens is 458 g/mol. The molecule has 3 N–H and O–H groups in total. The molecule has 3 aromatic rings. The van der Waals surface area contributed by atoms with Crippen molar-refractivity contribution in [3.63, 3.8) is 0 Å². The van der Waals surface area contributed by atoms with Gasteiger partial charge < -0.3 is 34.5 Å². The van der Waals surface area contributed by atoms with Crippen LogP contribution in [0.2, 0.25) is 0 Å². The first kappa shape index (κ1) is 23.6. The number of carbonyl (C=O) groups excluding carboxylic acids is 1. The zero-order valence-corrected chi connectivity index (χ0v) is 19.1. The smallest absolute Gasteiger partial charge is 0.256 e. The van der Waals surface area contributed by atoms with Crippen LogP contribution in [0.15, 0.2) is 36.9 Å². The fourth-order valence-electron chi connectivity index (χ4n) is 4.31. The first-order valence-corrected chi connectivity index (χ1v) is 11.4. The standard InChI is InChI=1S/C23H27N5O7/c1-32-14-7-5-13(6-8-14)22(31)27-20-17-21(25-11-24-20)28(12-26-17)23-18(30)19(15(10-29)34-23)35-16-4-2-3-9-33-16/h5-8,11-12,15-16,18-19,23,29-30H,2-4,9-10H2,1H3,(H,24,25,27,31)/t15-,16?,18-,19-,23-/m1/s1. The number of methoxy groups -OCH3 is 1. The Hall–Kier alpha value is -3.16. The number of anilines is 1. The molecule has 0 saturated carbocycles. The summed E-state index contributed by atoms with van der Waals surface area (Å²) < 4.78 is 24.2. The van der Waals surface area contributed by atoms with E-state index in [-0.39, 0.29) is 18.3 Å². The van der Waals surface area contributed by atoms with Crippen molar-refractivity contribution in [3.8, 4) is 5.75 Å². The van der Waals surface area contributed by atoms with Crippen LogP contribution < -0.4 is 10.1 Å². The number of aliphatic hydroxyl groups is 2. The number of fused-ring (bicyclic) bond motifs is 1. The van der Waals surface area contributed by atoms with E-state index in [1.165, 1.54) is 12.7 Å². The van der Waals surface area contributed by atoms with Crippen LogP contribution >= 0.6 is 0 Å². The molecule has 2 aliphatic heterocycles. The van der Waals surface area contributed by atoms with E-state index in [1.54, 1.807) is 35.9 Å². The second kappa shape index (κ2) is 10.2. The molecule has 0 bridgehead atoms. The zero-order chi connectivity index (χ0) is 24.4. The normalized spacial score (nSPS) is 26.7. The third-order valence-corrected chi connectivity index (χ3v) is 6.15. The molecule has 2 aliphatic rings. The molecule has 2 aromatic heterocycles. The van der Waals surface area contributed by atoms with E-state index in [1.807, 2.05) is 0 Å². The number of imidazole rings is 1. The lowest BCUT2D eigenvalue weighted by molar-refractivity contribution is -0.210. The molecule has 0 radical (unpaired) electrons. The van der Waals surface area contributed by atoms with Crippen LogP contribution in [0.25, 0.3) is 11.2 Å². The van der Waals surface area contributed by atoms with Gasteiger partial charge in [-0.3, -0.25) is 9.36 Å². The van der Waals surface area contributed by atoms with Crippen molar-refractivity contribution in [2.45, 2.75) is 50.1 Å². The monoisotopic (exact) mass is 485 g/mol. The summed E-state index contributed by atoms with van der Waals surface area (Å²) in [6, 6.07) is 6.65. The van der Waals surface area contributed by atoms with Crippen molar-refractivity contribution in [1.29, 1.82) is 0 Å². The van der Waals surface area contributed by atoms with Crippen LogP contribution in [-0.4, -0.2) is 80.6 Å². The first-order chi connectivity index (χ1) is 17.1. The van der Waals surface area contributed by atoms with Gasteiger partial charge in [0.05, 0.1) is 20.0 Å². The number of aliphatic hydroxyl groups excluding tert-OH is 2. The molecule has 1 unspecified atom stereocenters. The lowest BCUT2D eigenvalue weighted by Crippen LogP contribution is -2.40. The number of ether oxygens (including phenoxy) is 4. The Morgan fingerprint density at radius 3 is 2.77 bits per heavy atom. The molecule has 186 valence electrons. The van der Waals surface area contributed by atoms with E-state index in [2.05, 4.69) is 20.3 Å². The van der Waals surface area contributed by atoms with Crippen molar-refractivity contribution in [1.82, 2.24) is 19.5 Å². The lowest BCUT2D eigenvalue weighted by atomic mass is 10.1. The number of carbonyl (C=O) groups is 1. The summed E-state index contributed by atoms with van der Waals surface area (Å²) in [7, 11) is 1.55. The van der Waals surface area contributed by atoms with Gasteiger partial charge in [-0.2, -0.15) is 0 Å². The van der Waals surface area contributed by atoms with E-state index >= 15 is 0 Å². The van der Waals surface area contributed by atoms with Gasteiger partial charge in [0.25, 0.3) is 5.91 Å². The van der Waals surface area contributed by atoms with Gasteiger partial charge in [-0.05, 0) is 43.5 Å². The minimum absolute atomic E-state index is 0.212. The predicted octanol–water partition coefficient (Wildman–Crippen LogP) is 1.25. The van der Waals surface area contributed by atoms with E-state index in [0.717, 1.165) is 12.8 Å². The van der Waals surface area contributed by atoms with Gasteiger partial charge in [-0.15, -0.1) is 0 Å². The Bertz CT molecular complexity index is 1160. The highest BCUT2D eigenvalue weighted by Crippen LogP contribution is 2.35. The molecule has 2 saturated heterocycles. The number of hydrogen-bond donors (Lipinski definition) is 3. The average Bonchev–Trinajstić information content (AvgIpc) is 3.46. The molecule has 1 amide bonds. The Morgan fingerprint density at radius 1 is 1.23 bits per heavy atom. The maximum atomic E-state index is 12.7. The van der Waals surface area contributed by atoms with Gasteiger partial charge in [0, 0.05) is 12.2 Å². The van der Waals surface area contributed by atoms with Crippen molar-refractivity contribution in [2.24, 2.45) is 0 Å². The molecule has 2 fully saturated rings. The highest BCUT2D eigenvalue weighted by molar-refractivity contribution is 6.06. The van der Waals surface area contributed by atoms with Crippen LogP contribution in [0.4, 0.5) is 5.82 Å². The number of hydrogen-bond acceptors (Lipinski definition) is 10. The lowest BCUT2D eigenvalue weighted by Gasteiger charge is -2.28.